The smallest absolute Gasteiger partial charge is 0.312 e. The van der Waals surface area contributed by atoms with Crippen LogP contribution in [-0.4, -0.2) is 12.0 Å². The maximum atomic E-state index is 14.0. The van der Waals surface area contributed by atoms with E-state index in [1.807, 2.05) is 6.92 Å². The fraction of sp³-hybridized carbons (Fsp3) is 0.308. The van der Waals surface area contributed by atoms with E-state index < -0.39 is 17.6 Å². The van der Waals surface area contributed by atoms with E-state index in [1.54, 1.807) is 12.4 Å². The van der Waals surface area contributed by atoms with Crippen LogP contribution in [0.2, 0.25) is 0 Å². The number of thiazole rings is 1. The van der Waals surface area contributed by atoms with E-state index >= 15 is 0 Å². The fourth-order valence-corrected chi connectivity index (χ4v) is 2.60. The zero-order chi connectivity index (χ0) is 14.9. The molecule has 2 nitrogen and oxygen atoms in total. The third-order valence-corrected chi connectivity index (χ3v) is 3.83. The molecule has 0 amide bonds. The van der Waals surface area contributed by atoms with Gasteiger partial charge < -0.3 is 5.32 Å². The van der Waals surface area contributed by atoms with Gasteiger partial charge in [-0.1, -0.05) is 6.07 Å². The van der Waals surface area contributed by atoms with E-state index in [2.05, 4.69) is 10.3 Å². The first-order valence-corrected chi connectivity index (χ1v) is 6.71. The van der Waals surface area contributed by atoms with E-state index in [0.717, 1.165) is 17.4 Å². The van der Waals surface area contributed by atoms with Crippen LogP contribution in [0.5, 0.6) is 0 Å². The number of nitrogens with one attached hydrogen (secondary N) is 1. The highest BCUT2D eigenvalue weighted by Crippen LogP contribution is 2.36. The van der Waals surface area contributed by atoms with Gasteiger partial charge in [0.15, 0.2) is 0 Å². The van der Waals surface area contributed by atoms with Crippen molar-refractivity contribution in [2.45, 2.75) is 19.1 Å². The zero-order valence-electron chi connectivity index (χ0n) is 10.8. The lowest BCUT2D eigenvalue weighted by atomic mass is 10.1. The van der Waals surface area contributed by atoms with Crippen LogP contribution in [0.1, 0.15) is 24.2 Å². The van der Waals surface area contributed by atoms with Crippen LogP contribution in [0, 0.1) is 5.82 Å². The molecule has 0 fully saturated rings. The predicted molar refractivity (Wildman–Crippen MR) is 70.0 cm³/mol. The lowest BCUT2D eigenvalue weighted by Gasteiger charge is -2.10. The maximum absolute atomic E-state index is 14.0. The third-order valence-electron chi connectivity index (χ3n) is 2.93. The third kappa shape index (κ3) is 2.83. The van der Waals surface area contributed by atoms with Crippen LogP contribution >= 0.6 is 11.3 Å². The molecule has 1 atom stereocenters. The molecule has 1 N–H and O–H groups in total. The number of benzene rings is 1. The summed E-state index contributed by atoms with van der Waals surface area (Å²) in [6.07, 6.45) is -4.71. The van der Waals surface area contributed by atoms with Gasteiger partial charge in [-0.15, -0.1) is 11.3 Å². The van der Waals surface area contributed by atoms with Crippen molar-refractivity contribution < 1.29 is 17.6 Å². The van der Waals surface area contributed by atoms with Crippen molar-refractivity contribution in [1.82, 2.24) is 10.3 Å². The molecule has 0 radical (unpaired) electrons. The Morgan fingerprint density at radius 3 is 2.60 bits per heavy atom. The minimum atomic E-state index is -4.71. The van der Waals surface area contributed by atoms with Gasteiger partial charge in [-0.2, -0.15) is 13.2 Å². The second kappa shape index (κ2) is 5.49. The summed E-state index contributed by atoms with van der Waals surface area (Å²) in [5.41, 5.74) is -0.725. The number of hydrogen-bond acceptors (Lipinski definition) is 3. The monoisotopic (exact) mass is 304 g/mol. The summed E-state index contributed by atoms with van der Waals surface area (Å²) in [6, 6.07) is 3.17. The molecular formula is C13H12F4N2S. The van der Waals surface area contributed by atoms with Crippen molar-refractivity contribution in [2.24, 2.45) is 0 Å². The summed E-state index contributed by atoms with van der Waals surface area (Å²) < 4.78 is 52.0. The van der Waals surface area contributed by atoms with Crippen molar-refractivity contribution in [1.29, 1.82) is 0 Å². The Labute approximate surface area is 117 Å². The molecule has 2 rings (SSSR count). The minimum Gasteiger partial charge on any atom is -0.312 e. The molecule has 0 aliphatic carbocycles. The van der Waals surface area contributed by atoms with Crippen LogP contribution in [-0.2, 0) is 6.18 Å². The van der Waals surface area contributed by atoms with Gasteiger partial charge in [-0.05, 0) is 26.1 Å². The molecule has 7 heteroatoms. The first-order valence-electron chi connectivity index (χ1n) is 5.83. The van der Waals surface area contributed by atoms with E-state index in [9.17, 15) is 17.6 Å². The van der Waals surface area contributed by atoms with Crippen molar-refractivity contribution in [2.75, 3.05) is 7.05 Å². The van der Waals surface area contributed by atoms with Gasteiger partial charge in [0.2, 0.25) is 0 Å². The van der Waals surface area contributed by atoms with Gasteiger partial charge >= 0.3 is 6.18 Å². The second-order valence-corrected chi connectivity index (χ2v) is 5.11. The largest absolute Gasteiger partial charge is 0.419 e. The van der Waals surface area contributed by atoms with Gasteiger partial charge in [-0.3, -0.25) is 0 Å². The molecular weight excluding hydrogens is 292 g/mol. The number of halogens is 4. The summed E-state index contributed by atoms with van der Waals surface area (Å²) in [4.78, 5) is 4.18. The lowest BCUT2D eigenvalue weighted by molar-refractivity contribution is -0.139. The normalized spacial score (nSPS) is 13.5. The molecule has 20 heavy (non-hydrogen) atoms. The highest BCUT2D eigenvalue weighted by molar-refractivity contribution is 7.13. The summed E-state index contributed by atoms with van der Waals surface area (Å²) >= 11 is 1.12. The average molecular weight is 304 g/mol. The summed E-state index contributed by atoms with van der Waals surface area (Å²) in [6.45, 7) is 1.86. The van der Waals surface area contributed by atoms with Gasteiger partial charge in [-0.25, -0.2) is 9.37 Å². The molecule has 0 bridgehead atoms. The van der Waals surface area contributed by atoms with E-state index in [0.29, 0.717) is 5.69 Å². The fourth-order valence-electron chi connectivity index (χ4n) is 1.67. The van der Waals surface area contributed by atoms with Crippen molar-refractivity contribution in [3.05, 3.63) is 40.7 Å². The molecule has 2 aromatic rings. The van der Waals surface area contributed by atoms with Crippen LogP contribution in [0.3, 0.4) is 0 Å². The van der Waals surface area contributed by atoms with Crippen LogP contribution in [0.25, 0.3) is 10.6 Å². The molecule has 1 heterocycles. The topological polar surface area (TPSA) is 24.9 Å². The SMILES string of the molecule is CNC(C)c1csc(-c2cccc(C(F)(F)F)c2F)n1. The Morgan fingerprint density at radius 2 is 2.00 bits per heavy atom. The predicted octanol–water partition coefficient (Wildman–Crippen LogP) is 4.25. The second-order valence-electron chi connectivity index (χ2n) is 4.25. The van der Waals surface area contributed by atoms with Crippen LogP contribution in [0.15, 0.2) is 23.6 Å². The first-order chi connectivity index (χ1) is 9.34. The van der Waals surface area contributed by atoms with Gasteiger partial charge in [0.25, 0.3) is 0 Å². The Balaban J connectivity index is 2.46. The molecule has 0 aliphatic rings. The Kier molecular flexibility index (Phi) is 4.10. The van der Waals surface area contributed by atoms with Crippen molar-refractivity contribution >= 4 is 11.3 Å². The highest BCUT2D eigenvalue weighted by atomic mass is 32.1. The number of aromatic nitrogens is 1. The van der Waals surface area contributed by atoms with Crippen molar-refractivity contribution in [3.8, 4) is 10.6 Å². The molecule has 1 aromatic heterocycles. The molecule has 108 valence electrons. The summed E-state index contributed by atoms with van der Waals surface area (Å²) in [7, 11) is 1.74. The highest BCUT2D eigenvalue weighted by Gasteiger charge is 2.35. The Hall–Kier alpha value is -1.47. The van der Waals surface area contributed by atoms with Gasteiger partial charge in [0, 0.05) is 17.0 Å². The molecule has 0 spiro atoms. The van der Waals surface area contributed by atoms with Gasteiger partial charge in [0.05, 0.1) is 11.3 Å². The number of rotatable bonds is 3. The van der Waals surface area contributed by atoms with E-state index in [1.165, 1.54) is 12.1 Å². The first kappa shape index (κ1) is 14.9. The quantitative estimate of drug-likeness (QED) is 0.858. The lowest BCUT2D eigenvalue weighted by Crippen LogP contribution is -2.12. The van der Waals surface area contributed by atoms with E-state index in [4.69, 9.17) is 0 Å². The van der Waals surface area contributed by atoms with Crippen LogP contribution in [0.4, 0.5) is 17.6 Å². The maximum Gasteiger partial charge on any atom is 0.419 e. The number of nitrogens with zero attached hydrogens (tertiary/aromatic N) is 1. The Bertz CT molecular complexity index is 607. The van der Waals surface area contributed by atoms with E-state index in [-0.39, 0.29) is 16.6 Å². The average Bonchev–Trinajstić information content (AvgIpc) is 2.86. The summed E-state index contributed by atoms with van der Waals surface area (Å²) in [5, 5.41) is 4.91. The Morgan fingerprint density at radius 1 is 1.30 bits per heavy atom. The van der Waals surface area contributed by atoms with Gasteiger partial charge in [0.1, 0.15) is 10.8 Å². The van der Waals surface area contributed by atoms with Crippen LogP contribution < -0.4 is 5.32 Å². The van der Waals surface area contributed by atoms with Crippen molar-refractivity contribution in [3.63, 3.8) is 0 Å². The number of hydrogen-bond donors (Lipinski definition) is 1. The minimum absolute atomic E-state index is 0.0474. The molecule has 1 aromatic carbocycles. The molecule has 0 aliphatic heterocycles. The molecule has 1 unspecified atom stereocenters. The molecule has 0 saturated heterocycles. The number of alkyl halides is 3. The molecule has 0 saturated carbocycles. The zero-order valence-corrected chi connectivity index (χ0v) is 11.6. The standard InChI is InChI=1S/C13H12F4N2S/c1-7(18-2)10-6-20-12(19-10)8-4-3-5-9(11(8)14)13(15,16)17/h3-7,18H,1-2H3. The summed E-state index contributed by atoms with van der Waals surface area (Å²) in [5.74, 6) is -1.28.